The number of hydrogen-bond acceptors (Lipinski definition) is 5. The quantitative estimate of drug-likeness (QED) is 0.397. The van der Waals surface area contributed by atoms with E-state index >= 15 is 0 Å². The average molecular weight is 458 g/mol. The first-order valence-electron chi connectivity index (χ1n) is 11.4. The normalized spacial score (nSPS) is 15.0. The van der Waals surface area contributed by atoms with Crippen LogP contribution in [0.5, 0.6) is 0 Å². The molecular formula is C27H27N3O4. The number of benzene rings is 2. The Morgan fingerprint density at radius 1 is 1.03 bits per heavy atom. The smallest absolute Gasteiger partial charge is 0.317 e. The molecule has 1 amide bonds. The maximum absolute atomic E-state index is 13.4. The number of esters is 1. The monoisotopic (exact) mass is 457 g/mol. The van der Waals surface area contributed by atoms with Gasteiger partial charge in [0.25, 0.3) is 0 Å². The minimum absolute atomic E-state index is 0.0157. The van der Waals surface area contributed by atoms with Gasteiger partial charge in [-0.25, -0.2) is 0 Å². The minimum Gasteiger partial charge on any atom is -0.457 e. The summed E-state index contributed by atoms with van der Waals surface area (Å²) >= 11 is 0. The van der Waals surface area contributed by atoms with Crippen molar-refractivity contribution in [1.29, 1.82) is 5.26 Å². The fraction of sp³-hybridized carbons (Fsp3) is 0.333. The van der Waals surface area contributed by atoms with Crippen LogP contribution in [0.15, 0.2) is 60.8 Å². The molecule has 174 valence electrons. The van der Waals surface area contributed by atoms with Crippen LogP contribution < -0.4 is 0 Å². The highest BCUT2D eigenvalue weighted by Gasteiger charge is 2.45. The number of amides is 1. The van der Waals surface area contributed by atoms with E-state index in [1.807, 2.05) is 59.2 Å². The van der Waals surface area contributed by atoms with Crippen molar-refractivity contribution in [3.05, 3.63) is 71.9 Å². The lowest BCUT2D eigenvalue weighted by molar-refractivity contribution is -0.153. The van der Waals surface area contributed by atoms with E-state index in [9.17, 15) is 14.4 Å². The molecule has 0 N–H and O–H groups in total. The number of rotatable bonds is 7. The van der Waals surface area contributed by atoms with Gasteiger partial charge in [0.2, 0.25) is 11.7 Å². The summed E-state index contributed by atoms with van der Waals surface area (Å²) in [4.78, 5) is 40.1. The molecule has 0 spiro atoms. The highest BCUT2D eigenvalue weighted by atomic mass is 16.5. The van der Waals surface area contributed by atoms with Crippen molar-refractivity contribution in [2.24, 2.45) is 0 Å². The van der Waals surface area contributed by atoms with Crippen LogP contribution in [0.3, 0.4) is 0 Å². The number of carbonyl (C=O) groups is 3. The van der Waals surface area contributed by atoms with Crippen molar-refractivity contribution < 1.29 is 19.1 Å². The number of ether oxygens (including phenoxy) is 1. The van der Waals surface area contributed by atoms with Crippen molar-refractivity contribution in [3.63, 3.8) is 0 Å². The molecule has 0 bridgehead atoms. The molecule has 2 heterocycles. The summed E-state index contributed by atoms with van der Waals surface area (Å²) in [6.07, 6.45) is 2.95. The summed E-state index contributed by atoms with van der Waals surface area (Å²) < 4.78 is 7.52. The third-order valence-corrected chi connectivity index (χ3v) is 6.67. The average Bonchev–Trinajstić information content (AvgIpc) is 3.25. The number of aryl methyl sites for hydroxylation is 1. The van der Waals surface area contributed by atoms with Gasteiger partial charge in [-0.1, -0.05) is 48.5 Å². The first-order valence-corrected chi connectivity index (χ1v) is 11.4. The van der Waals surface area contributed by atoms with Gasteiger partial charge in [-0.3, -0.25) is 14.4 Å². The number of fused-ring (bicyclic) bond motifs is 1. The number of Topliss-reactive ketones (excluding diaryl/α,β-unsaturated/α-hetero) is 1. The maximum Gasteiger partial charge on any atom is 0.317 e. The van der Waals surface area contributed by atoms with Crippen molar-refractivity contribution in [3.8, 4) is 6.07 Å². The summed E-state index contributed by atoms with van der Waals surface area (Å²) in [5.41, 5.74) is 1.28. The van der Waals surface area contributed by atoms with Gasteiger partial charge in [-0.05, 0) is 24.5 Å². The van der Waals surface area contributed by atoms with Gasteiger partial charge in [-0.15, -0.1) is 0 Å². The summed E-state index contributed by atoms with van der Waals surface area (Å²) in [7, 11) is 0. The first-order chi connectivity index (χ1) is 16.5. The van der Waals surface area contributed by atoms with E-state index in [4.69, 9.17) is 10.00 Å². The van der Waals surface area contributed by atoms with Gasteiger partial charge in [0.1, 0.15) is 0 Å². The Balaban J connectivity index is 1.54. The van der Waals surface area contributed by atoms with Gasteiger partial charge in [-0.2, -0.15) is 5.26 Å². The van der Waals surface area contributed by atoms with Crippen LogP contribution in [-0.4, -0.2) is 46.8 Å². The zero-order chi connectivity index (χ0) is 24.1. The fourth-order valence-corrected chi connectivity index (χ4v) is 4.74. The van der Waals surface area contributed by atoms with Crippen LogP contribution in [0, 0.1) is 11.3 Å². The number of piperidine rings is 1. The molecule has 7 nitrogen and oxygen atoms in total. The third kappa shape index (κ3) is 4.44. The zero-order valence-electron chi connectivity index (χ0n) is 19.2. The van der Waals surface area contributed by atoms with Crippen molar-refractivity contribution in [2.45, 2.75) is 38.1 Å². The molecule has 3 aromatic rings. The van der Waals surface area contributed by atoms with E-state index in [1.54, 1.807) is 11.1 Å². The second-order valence-corrected chi connectivity index (χ2v) is 8.61. The Morgan fingerprint density at radius 3 is 2.38 bits per heavy atom. The van der Waals surface area contributed by atoms with Crippen LogP contribution in [-0.2, 0) is 26.3 Å². The lowest BCUT2D eigenvalue weighted by atomic mass is 9.72. The van der Waals surface area contributed by atoms with Crippen molar-refractivity contribution in [2.75, 3.05) is 19.7 Å². The summed E-state index contributed by atoms with van der Waals surface area (Å²) in [6, 6.07) is 19.1. The summed E-state index contributed by atoms with van der Waals surface area (Å²) in [5, 5.41) is 9.71. The number of para-hydroxylation sites is 1. The third-order valence-electron chi connectivity index (χ3n) is 6.67. The van der Waals surface area contributed by atoms with Crippen LogP contribution in [0.2, 0.25) is 0 Å². The lowest BCUT2D eigenvalue weighted by Gasteiger charge is -2.40. The van der Waals surface area contributed by atoms with E-state index in [-0.39, 0.29) is 18.3 Å². The largest absolute Gasteiger partial charge is 0.457 e. The molecule has 34 heavy (non-hydrogen) atoms. The number of likely N-dealkylation sites (tertiary alicyclic amines) is 1. The molecule has 1 saturated heterocycles. The Kier molecular flexibility index (Phi) is 6.78. The molecule has 1 fully saturated rings. The van der Waals surface area contributed by atoms with Gasteiger partial charge < -0.3 is 14.2 Å². The highest BCUT2D eigenvalue weighted by Crippen LogP contribution is 2.37. The lowest BCUT2D eigenvalue weighted by Crippen LogP contribution is -2.49. The molecule has 0 radical (unpaired) electrons. The Hall–Kier alpha value is -3.92. The number of hydrogen-bond donors (Lipinski definition) is 0. The molecule has 2 aromatic carbocycles. The van der Waals surface area contributed by atoms with E-state index < -0.39 is 11.4 Å². The topological polar surface area (TPSA) is 92.4 Å². The number of ketones is 1. The predicted octanol–water partition coefficient (Wildman–Crippen LogP) is 3.86. The highest BCUT2D eigenvalue weighted by molar-refractivity contribution is 6.09. The second kappa shape index (κ2) is 9.92. The van der Waals surface area contributed by atoms with Gasteiger partial charge in [0.05, 0.1) is 17.9 Å². The molecule has 1 aliphatic rings. The van der Waals surface area contributed by atoms with Crippen LogP contribution >= 0.6 is 0 Å². The first kappa shape index (κ1) is 23.2. The molecule has 4 rings (SSSR count). The van der Waals surface area contributed by atoms with E-state index in [1.165, 1.54) is 6.92 Å². The van der Waals surface area contributed by atoms with Gasteiger partial charge in [0, 0.05) is 49.2 Å². The molecule has 0 aliphatic carbocycles. The Labute approximate surface area is 198 Å². The molecule has 7 heteroatoms. The molecule has 1 aliphatic heterocycles. The number of nitriles is 1. The number of carbonyl (C=O) groups excluding carboxylic acids is 3. The Morgan fingerprint density at radius 2 is 1.71 bits per heavy atom. The summed E-state index contributed by atoms with van der Waals surface area (Å²) in [6.45, 7) is 2.56. The fourth-order valence-electron chi connectivity index (χ4n) is 4.74. The minimum atomic E-state index is -0.895. The molecular weight excluding hydrogens is 430 g/mol. The van der Waals surface area contributed by atoms with Gasteiger partial charge >= 0.3 is 5.97 Å². The van der Waals surface area contributed by atoms with E-state index in [2.05, 4.69) is 6.07 Å². The number of nitrogens with zero attached hydrogens (tertiary/aromatic N) is 3. The zero-order valence-corrected chi connectivity index (χ0v) is 19.2. The number of aromatic nitrogens is 1. The Bertz CT molecular complexity index is 1250. The summed E-state index contributed by atoms with van der Waals surface area (Å²) in [5.74, 6) is -0.744. The SMILES string of the molecule is CC(=O)N1CCC(C(=O)OCC(=O)c2cn(CCC#N)c3ccccc23)(c2ccccc2)CC1. The van der Waals surface area contributed by atoms with Crippen LogP contribution in [0.25, 0.3) is 10.9 Å². The molecule has 1 aromatic heterocycles. The van der Waals surface area contributed by atoms with Crippen molar-refractivity contribution >= 4 is 28.6 Å². The van der Waals surface area contributed by atoms with Gasteiger partial charge in [0.15, 0.2) is 6.61 Å². The standard InChI is InChI=1S/C27H27N3O4/c1-20(31)29-16-12-27(13-17-29,21-8-3-2-4-9-21)26(33)34-19-25(32)23-18-30(15-7-14-28)24-11-6-5-10-22(23)24/h2-6,8-11,18H,7,12-13,15-17,19H2,1H3. The van der Waals surface area contributed by atoms with Crippen molar-refractivity contribution in [1.82, 2.24) is 9.47 Å². The molecule has 0 unspecified atom stereocenters. The van der Waals surface area contributed by atoms with Crippen LogP contribution in [0.4, 0.5) is 0 Å². The predicted molar refractivity (Wildman–Crippen MR) is 127 cm³/mol. The molecule has 0 atom stereocenters. The molecule has 0 saturated carbocycles. The van der Waals surface area contributed by atoms with E-state index in [0.29, 0.717) is 44.5 Å². The van der Waals surface area contributed by atoms with E-state index in [0.717, 1.165) is 16.5 Å². The maximum atomic E-state index is 13.4. The second-order valence-electron chi connectivity index (χ2n) is 8.61. The van der Waals surface area contributed by atoms with Crippen LogP contribution in [0.1, 0.15) is 42.1 Å².